The zero-order valence-corrected chi connectivity index (χ0v) is 16.5. The Morgan fingerprint density at radius 3 is 2.52 bits per heavy atom. The number of hydrogen-bond acceptors (Lipinski definition) is 5. The van der Waals surface area contributed by atoms with Crippen LogP contribution in [0.2, 0.25) is 0 Å². The van der Waals surface area contributed by atoms with Gasteiger partial charge in [-0.15, -0.1) is 10.2 Å². The second kappa shape index (κ2) is 7.71. The molecule has 0 aliphatic carbocycles. The summed E-state index contributed by atoms with van der Waals surface area (Å²) in [5, 5.41) is 15.8. The molecule has 0 bridgehead atoms. The number of carbonyl (C=O) groups excluding carboxylic acids is 1. The minimum atomic E-state index is -0.156. The molecular formula is C22H21N5O2. The Morgan fingerprint density at radius 1 is 1.00 bits per heavy atom. The Morgan fingerprint density at radius 2 is 1.79 bits per heavy atom. The highest BCUT2D eigenvalue weighted by Gasteiger charge is 2.12. The average molecular weight is 387 g/mol. The van der Waals surface area contributed by atoms with Gasteiger partial charge in [0.2, 0.25) is 0 Å². The van der Waals surface area contributed by atoms with Gasteiger partial charge >= 0.3 is 0 Å². The molecule has 0 aliphatic heterocycles. The molecule has 4 rings (SSSR count). The Balaban J connectivity index is 1.55. The second-order valence-corrected chi connectivity index (χ2v) is 6.82. The maximum absolute atomic E-state index is 12.5. The summed E-state index contributed by atoms with van der Waals surface area (Å²) in [6.45, 7) is 4.24. The molecule has 1 N–H and O–H groups in total. The SMILES string of the molecule is COc1ccc(-c2ccc3nnc(CNC(=O)c4ccc(C)c(C)c4)n3n2)cc1. The second-order valence-electron chi connectivity index (χ2n) is 6.82. The molecule has 0 unspecified atom stereocenters. The molecule has 2 heterocycles. The highest BCUT2D eigenvalue weighted by Crippen LogP contribution is 2.21. The standard InChI is InChI=1S/C22H21N5O2/c1-14-4-5-17(12-15(14)2)22(28)23-13-21-25-24-20-11-10-19(26-27(20)21)16-6-8-18(29-3)9-7-16/h4-12H,13H2,1-3H3,(H,23,28). The van der Waals surface area contributed by atoms with Gasteiger partial charge in [-0.25, -0.2) is 0 Å². The van der Waals surface area contributed by atoms with E-state index in [4.69, 9.17) is 4.74 Å². The van der Waals surface area contributed by atoms with Gasteiger partial charge in [-0.2, -0.15) is 9.61 Å². The molecule has 0 aliphatic rings. The minimum Gasteiger partial charge on any atom is -0.497 e. The topological polar surface area (TPSA) is 81.4 Å². The van der Waals surface area contributed by atoms with Crippen LogP contribution in [0.1, 0.15) is 27.3 Å². The van der Waals surface area contributed by atoms with E-state index in [0.29, 0.717) is 17.0 Å². The van der Waals surface area contributed by atoms with Gasteiger partial charge in [-0.1, -0.05) is 6.07 Å². The van der Waals surface area contributed by atoms with Crippen LogP contribution in [0.4, 0.5) is 0 Å². The van der Waals surface area contributed by atoms with Gasteiger partial charge in [0.15, 0.2) is 11.5 Å². The Kier molecular flexibility index (Phi) is 4.95. The van der Waals surface area contributed by atoms with E-state index in [1.165, 1.54) is 0 Å². The van der Waals surface area contributed by atoms with Crippen LogP contribution in [0, 0.1) is 13.8 Å². The Labute approximate surface area is 168 Å². The lowest BCUT2D eigenvalue weighted by Gasteiger charge is -2.07. The maximum atomic E-state index is 12.5. The van der Waals surface area contributed by atoms with Crippen LogP contribution in [0.15, 0.2) is 54.6 Å². The molecule has 0 radical (unpaired) electrons. The summed E-state index contributed by atoms with van der Waals surface area (Å²) in [7, 11) is 1.63. The highest BCUT2D eigenvalue weighted by molar-refractivity contribution is 5.94. The van der Waals surface area contributed by atoms with Gasteiger partial charge in [0.25, 0.3) is 5.91 Å². The summed E-state index contributed by atoms with van der Waals surface area (Å²) in [6.07, 6.45) is 0. The third-order valence-corrected chi connectivity index (χ3v) is 4.89. The molecule has 0 saturated carbocycles. The lowest BCUT2D eigenvalue weighted by atomic mass is 10.1. The molecule has 0 fully saturated rings. The molecule has 0 atom stereocenters. The number of rotatable bonds is 5. The number of hydrogen-bond donors (Lipinski definition) is 1. The number of fused-ring (bicyclic) bond motifs is 1. The first-order chi connectivity index (χ1) is 14.0. The molecule has 7 heteroatoms. The zero-order valence-electron chi connectivity index (χ0n) is 16.5. The van der Waals surface area contributed by atoms with Crippen molar-refractivity contribution in [2.45, 2.75) is 20.4 Å². The molecule has 2 aromatic carbocycles. The van der Waals surface area contributed by atoms with Crippen LogP contribution in [-0.4, -0.2) is 32.8 Å². The first kappa shape index (κ1) is 18.6. The number of ether oxygens (including phenoxy) is 1. The van der Waals surface area contributed by atoms with E-state index >= 15 is 0 Å². The number of amides is 1. The largest absolute Gasteiger partial charge is 0.497 e. The molecule has 146 valence electrons. The lowest BCUT2D eigenvalue weighted by Crippen LogP contribution is -2.24. The van der Waals surface area contributed by atoms with Gasteiger partial charge in [0, 0.05) is 11.1 Å². The smallest absolute Gasteiger partial charge is 0.251 e. The van der Waals surface area contributed by atoms with Crippen molar-refractivity contribution in [3.8, 4) is 17.0 Å². The zero-order chi connectivity index (χ0) is 20.4. The van der Waals surface area contributed by atoms with Crippen molar-refractivity contribution in [2.24, 2.45) is 0 Å². The van der Waals surface area contributed by atoms with E-state index in [2.05, 4.69) is 20.6 Å². The molecule has 2 aromatic heterocycles. The summed E-state index contributed by atoms with van der Waals surface area (Å²) in [6, 6.07) is 17.1. The van der Waals surface area contributed by atoms with Gasteiger partial charge in [0.05, 0.1) is 19.3 Å². The quantitative estimate of drug-likeness (QED) is 0.568. The number of benzene rings is 2. The molecule has 4 aromatic rings. The number of aryl methyl sites for hydroxylation is 2. The summed E-state index contributed by atoms with van der Waals surface area (Å²) in [5.41, 5.74) is 5.20. The molecule has 29 heavy (non-hydrogen) atoms. The lowest BCUT2D eigenvalue weighted by molar-refractivity contribution is 0.0949. The van der Waals surface area contributed by atoms with Crippen LogP contribution >= 0.6 is 0 Å². The number of nitrogens with zero attached hydrogens (tertiary/aromatic N) is 4. The first-order valence-electron chi connectivity index (χ1n) is 9.26. The minimum absolute atomic E-state index is 0.156. The Bertz CT molecular complexity index is 1180. The fourth-order valence-corrected chi connectivity index (χ4v) is 3.00. The van der Waals surface area contributed by atoms with Crippen LogP contribution in [-0.2, 0) is 6.54 Å². The van der Waals surface area contributed by atoms with Crippen molar-refractivity contribution in [2.75, 3.05) is 7.11 Å². The average Bonchev–Trinajstić information content (AvgIpc) is 3.16. The third kappa shape index (κ3) is 3.80. The maximum Gasteiger partial charge on any atom is 0.251 e. The fourth-order valence-electron chi connectivity index (χ4n) is 3.00. The summed E-state index contributed by atoms with van der Waals surface area (Å²) in [5.74, 6) is 1.19. The summed E-state index contributed by atoms with van der Waals surface area (Å²) < 4.78 is 6.85. The molecule has 0 spiro atoms. The van der Waals surface area contributed by atoms with Gasteiger partial charge in [-0.3, -0.25) is 4.79 Å². The number of methoxy groups -OCH3 is 1. The van der Waals surface area contributed by atoms with E-state index in [0.717, 1.165) is 28.1 Å². The number of carbonyl (C=O) groups is 1. The predicted octanol–water partition coefficient (Wildman–Crippen LogP) is 3.35. The molecule has 0 saturated heterocycles. The van der Waals surface area contributed by atoms with Crippen molar-refractivity contribution < 1.29 is 9.53 Å². The van der Waals surface area contributed by atoms with Crippen LogP contribution in [0.3, 0.4) is 0 Å². The van der Waals surface area contributed by atoms with Gasteiger partial charge in [-0.05, 0) is 73.5 Å². The molecule has 1 amide bonds. The van der Waals surface area contributed by atoms with E-state index in [9.17, 15) is 4.79 Å². The first-order valence-corrected chi connectivity index (χ1v) is 9.26. The molecule has 7 nitrogen and oxygen atoms in total. The van der Waals surface area contributed by atoms with E-state index in [1.54, 1.807) is 11.6 Å². The normalized spacial score (nSPS) is 10.9. The van der Waals surface area contributed by atoms with Crippen molar-refractivity contribution in [1.29, 1.82) is 0 Å². The van der Waals surface area contributed by atoms with Gasteiger partial charge in [0.1, 0.15) is 5.75 Å². The van der Waals surface area contributed by atoms with Gasteiger partial charge < -0.3 is 10.1 Å². The van der Waals surface area contributed by atoms with Crippen LogP contribution < -0.4 is 10.1 Å². The van der Waals surface area contributed by atoms with Crippen LogP contribution in [0.5, 0.6) is 5.75 Å². The summed E-state index contributed by atoms with van der Waals surface area (Å²) >= 11 is 0. The van der Waals surface area contributed by atoms with E-state index in [1.807, 2.05) is 68.4 Å². The third-order valence-electron chi connectivity index (χ3n) is 4.89. The van der Waals surface area contributed by atoms with E-state index < -0.39 is 0 Å². The summed E-state index contributed by atoms with van der Waals surface area (Å²) in [4.78, 5) is 12.5. The molecular weight excluding hydrogens is 366 g/mol. The van der Waals surface area contributed by atoms with Crippen molar-refractivity contribution >= 4 is 11.6 Å². The monoisotopic (exact) mass is 387 g/mol. The van der Waals surface area contributed by atoms with E-state index in [-0.39, 0.29) is 12.5 Å². The fraction of sp³-hybridized carbons (Fsp3) is 0.182. The predicted molar refractivity (Wildman–Crippen MR) is 110 cm³/mol. The highest BCUT2D eigenvalue weighted by atomic mass is 16.5. The number of nitrogens with one attached hydrogen (secondary N) is 1. The van der Waals surface area contributed by atoms with Crippen LogP contribution in [0.25, 0.3) is 16.9 Å². The van der Waals surface area contributed by atoms with Crippen molar-refractivity contribution in [1.82, 2.24) is 25.1 Å². The number of aromatic nitrogens is 4. The Hall–Kier alpha value is -3.74. The van der Waals surface area contributed by atoms with Crippen molar-refractivity contribution in [3.63, 3.8) is 0 Å². The van der Waals surface area contributed by atoms with Crippen molar-refractivity contribution in [3.05, 3.63) is 77.1 Å².